The fourth-order valence-corrected chi connectivity index (χ4v) is 4.53. The van der Waals surface area contributed by atoms with Crippen LogP contribution in [-0.2, 0) is 16.0 Å². The van der Waals surface area contributed by atoms with Crippen LogP contribution in [-0.4, -0.2) is 23.8 Å². The Morgan fingerprint density at radius 3 is 2.38 bits per heavy atom. The van der Waals surface area contributed by atoms with Crippen LogP contribution in [0.3, 0.4) is 0 Å². The predicted octanol–water partition coefficient (Wildman–Crippen LogP) is 4.54. The van der Waals surface area contributed by atoms with Crippen LogP contribution in [0.2, 0.25) is 0 Å². The third-order valence-electron chi connectivity index (χ3n) is 6.26. The van der Waals surface area contributed by atoms with Crippen LogP contribution >= 0.6 is 12.4 Å². The number of nitrogens with two attached hydrogens (primary N) is 1. The van der Waals surface area contributed by atoms with Gasteiger partial charge in [0.15, 0.2) is 0 Å². The first-order valence-corrected chi connectivity index (χ1v) is 10.9. The van der Waals surface area contributed by atoms with Gasteiger partial charge in [0.1, 0.15) is 5.78 Å². The number of carbonyl (C=O) groups is 2. The molecule has 5 atom stereocenters. The lowest BCUT2D eigenvalue weighted by atomic mass is 9.68. The van der Waals surface area contributed by atoms with Crippen molar-refractivity contribution >= 4 is 24.1 Å². The molecule has 1 saturated carbocycles. The quantitative estimate of drug-likeness (QED) is 0.613. The van der Waals surface area contributed by atoms with Crippen molar-refractivity contribution in [3.8, 4) is 0 Å². The molecular formula is C24H39ClN2O2. The number of hydrogen-bond donors (Lipinski definition) is 2. The molecule has 0 saturated heterocycles. The summed E-state index contributed by atoms with van der Waals surface area (Å²) < 4.78 is 0. The van der Waals surface area contributed by atoms with Gasteiger partial charge in [-0.2, -0.15) is 0 Å². The number of Topliss-reactive ketones (excluding diaryl/α,β-unsaturated/α-hetero) is 1. The lowest BCUT2D eigenvalue weighted by Gasteiger charge is -2.36. The molecule has 0 aromatic heterocycles. The summed E-state index contributed by atoms with van der Waals surface area (Å²) in [5.41, 5.74) is 6.90. The van der Waals surface area contributed by atoms with Crippen LogP contribution in [0.5, 0.6) is 0 Å². The van der Waals surface area contributed by atoms with E-state index in [1.165, 1.54) is 6.42 Å². The van der Waals surface area contributed by atoms with E-state index >= 15 is 0 Å². The van der Waals surface area contributed by atoms with Gasteiger partial charge in [-0.05, 0) is 55.9 Å². The van der Waals surface area contributed by atoms with E-state index in [1.807, 2.05) is 18.2 Å². The van der Waals surface area contributed by atoms with Gasteiger partial charge in [-0.3, -0.25) is 9.59 Å². The lowest BCUT2D eigenvalue weighted by molar-refractivity contribution is -0.128. The lowest BCUT2D eigenvalue weighted by Crippen LogP contribution is -2.45. The summed E-state index contributed by atoms with van der Waals surface area (Å²) >= 11 is 0. The Labute approximate surface area is 182 Å². The van der Waals surface area contributed by atoms with Gasteiger partial charge in [0.05, 0.1) is 6.04 Å². The summed E-state index contributed by atoms with van der Waals surface area (Å²) in [5, 5.41) is 3.05. The minimum Gasteiger partial charge on any atom is -0.352 e. The van der Waals surface area contributed by atoms with Crippen LogP contribution in [0.15, 0.2) is 30.3 Å². The van der Waals surface area contributed by atoms with Crippen molar-refractivity contribution in [2.24, 2.45) is 29.4 Å². The largest absolute Gasteiger partial charge is 0.352 e. The number of ketones is 1. The molecule has 1 aliphatic rings. The molecule has 0 bridgehead atoms. The highest BCUT2D eigenvalue weighted by molar-refractivity contribution is 5.85. The van der Waals surface area contributed by atoms with Crippen LogP contribution in [0, 0.1) is 23.7 Å². The average molecular weight is 423 g/mol. The van der Waals surface area contributed by atoms with Crippen molar-refractivity contribution < 1.29 is 9.59 Å². The van der Waals surface area contributed by atoms with Gasteiger partial charge in [-0.1, -0.05) is 57.5 Å². The zero-order chi connectivity index (χ0) is 20.7. The Kier molecular flexibility index (Phi) is 10.9. The number of carbonyl (C=O) groups excluding carboxylic acids is 2. The van der Waals surface area contributed by atoms with Crippen LogP contribution in [0.25, 0.3) is 0 Å². The number of hydrogen-bond acceptors (Lipinski definition) is 3. The molecule has 1 aromatic rings. The second-order valence-corrected chi connectivity index (χ2v) is 9.12. The van der Waals surface area contributed by atoms with E-state index in [0.717, 1.165) is 24.8 Å². The maximum atomic E-state index is 13.1. The molecule has 0 aliphatic heterocycles. The molecule has 29 heavy (non-hydrogen) atoms. The Morgan fingerprint density at radius 2 is 1.79 bits per heavy atom. The van der Waals surface area contributed by atoms with Crippen LogP contribution in [0.4, 0.5) is 0 Å². The third-order valence-corrected chi connectivity index (χ3v) is 6.26. The molecule has 0 spiro atoms. The highest BCUT2D eigenvalue weighted by atomic mass is 35.5. The van der Waals surface area contributed by atoms with Gasteiger partial charge in [0.25, 0.3) is 0 Å². The molecule has 1 amide bonds. The van der Waals surface area contributed by atoms with E-state index in [0.29, 0.717) is 36.4 Å². The van der Waals surface area contributed by atoms with Crippen molar-refractivity contribution in [1.29, 1.82) is 0 Å². The minimum absolute atomic E-state index is 0. The van der Waals surface area contributed by atoms with Crippen LogP contribution in [0.1, 0.15) is 65.4 Å². The van der Waals surface area contributed by atoms with E-state index < -0.39 is 6.04 Å². The first kappa shape index (κ1) is 25.6. The number of halogens is 1. The molecule has 0 radical (unpaired) electrons. The number of nitrogens with one attached hydrogen (secondary N) is 1. The molecule has 0 heterocycles. The van der Waals surface area contributed by atoms with Crippen molar-refractivity contribution in [3.05, 3.63) is 35.9 Å². The Bertz CT molecular complexity index is 633. The molecule has 2 rings (SSSR count). The molecule has 0 unspecified atom stereocenters. The van der Waals surface area contributed by atoms with Gasteiger partial charge in [0.2, 0.25) is 5.91 Å². The maximum Gasteiger partial charge on any atom is 0.236 e. The van der Waals surface area contributed by atoms with E-state index in [1.54, 1.807) is 6.92 Å². The van der Waals surface area contributed by atoms with Gasteiger partial charge in [-0.15, -0.1) is 12.4 Å². The van der Waals surface area contributed by atoms with E-state index in [4.69, 9.17) is 5.73 Å². The molecule has 5 heteroatoms. The van der Waals surface area contributed by atoms with Crippen molar-refractivity contribution in [3.63, 3.8) is 0 Å². The molecule has 164 valence electrons. The number of benzene rings is 1. The fourth-order valence-electron chi connectivity index (χ4n) is 4.53. The monoisotopic (exact) mass is 422 g/mol. The molecule has 1 aliphatic carbocycles. The van der Waals surface area contributed by atoms with Gasteiger partial charge >= 0.3 is 0 Å². The van der Waals surface area contributed by atoms with Gasteiger partial charge in [0, 0.05) is 18.4 Å². The molecular weight excluding hydrogens is 384 g/mol. The summed E-state index contributed by atoms with van der Waals surface area (Å²) in [6, 6.07) is 9.50. The summed E-state index contributed by atoms with van der Waals surface area (Å²) in [6.45, 7) is 8.43. The zero-order valence-corrected chi connectivity index (χ0v) is 19.2. The summed E-state index contributed by atoms with van der Waals surface area (Å²) in [5.74, 6) is 2.06. The normalized spacial score (nSPS) is 23.7. The smallest absolute Gasteiger partial charge is 0.236 e. The molecule has 1 fully saturated rings. The fraction of sp³-hybridized carbons (Fsp3) is 0.667. The highest BCUT2D eigenvalue weighted by Crippen LogP contribution is 2.39. The second-order valence-electron chi connectivity index (χ2n) is 9.12. The SMILES string of the molecule is CC(C)[C@@H]1CC[C@@H](C)C[C@H]1C(=O)CC[C@H](Cc1ccccc1)NC(=O)[C@@H](C)N.Cl. The van der Waals surface area contributed by atoms with Crippen LogP contribution < -0.4 is 11.1 Å². The average Bonchev–Trinajstić information content (AvgIpc) is 2.66. The second kappa shape index (κ2) is 12.3. The van der Waals surface area contributed by atoms with Gasteiger partial charge in [-0.25, -0.2) is 0 Å². The maximum absolute atomic E-state index is 13.1. The Balaban J connectivity index is 0.00000420. The minimum atomic E-state index is -0.543. The summed E-state index contributed by atoms with van der Waals surface area (Å²) in [4.78, 5) is 25.3. The van der Waals surface area contributed by atoms with Crippen molar-refractivity contribution in [2.75, 3.05) is 0 Å². The highest BCUT2D eigenvalue weighted by Gasteiger charge is 2.35. The summed E-state index contributed by atoms with van der Waals surface area (Å²) in [6.07, 6.45) is 5.31. The van der Waals surface area contributed by atoms with E-state index in [9.17, 15) is 9.59 Å². The first-order chi connectivity index (χ1) is 13.3. The molecule has 4 nitrogen and oxygen atoms in total. The first-order valence-electron chi connectivity index (χ1n) is 10.9. The third kappa shape index (κ3) is 8.10. The number of rotatable bonds is 9. The van der Waals surface area contributed by atoms with Gasteiger partial charge < -0.3 is 11.1 Å². The van der Waals surface area contributed by atoms with E-state index in [2.05, 4.69) is 38.2 Å². The Hall–Kier alpha value is -1.39. The van der Waals surface area contributed by atoms with Crippen molar-refractivity contribution in [2.45, 2.75) is 78.3 Å². The molecule has 3 N–H and O–H groups in total. The topological polar surface area (TPSA) is 72.2 Å². The molecule has 1 aromatic carbocycles. The van der Waals surface area contributed by atoms with E-state index in [-0.39, 0.29) is 30.3 Å². The standard InChI is InChI=1S/C24H38N2O2.ClH/c1-16(2)21-12-10-17(3)14-22(21)23(27)13-11-20(26-24(28)18(4)25)15-19-8-6-5-7-9-19;/h5-9,16-18,20-22H,10-15,25H2,1-4H3,(H,26,28);1H/t17-,18-,20-,21+,22-;/m1./s1. The summed E-state index contributed by atoms with van der Waals surface area (Å²) in [7, 11) is 0. The zero-order valence-electron chi connectivity index (χ0n) is 18.4. The predicted molar refractivity (Wildman–Crippen MR) is 122 cm³/mol. The number of amides is 1. The van der Waals surface area contributed by atoms with Crippen molar-refractivity contribution in [1.82, 2.24) is 5.32 Å². The Morgan fingerprint density at radius 1 is 1.14 bits per heavy atom.